The second kappa shape index (κ2) is 13.4. The van der Waals surface area contributed by atoms with Crippen molar-refractivity contribution in [3.05, 3.63) is 114 Å². The molecule has 0 radical (unpaired) electrons. The molecule has 2 N–H and O–H groups in total. The largest absolute Gasteiger partial charge is 0.489 e. The van der Waals surface area contributed by atoms with Crippen LogP contribution in [0.3, 0.4) is 0 Å². The first kappa shape index (κ1) is 26.9. The van der Waals surface area contributed by atoms with Gasteiger partial charge in [-0.2, -0.15) is 0 Å². The number of hydrogen-bond acceptors (Lipinski definition) is 7. The van der Waals surface area contributed by atoms with Gasteiger partial charge in [0, 0.05) is 18.6 Å². The third-order valence-corrected chi connectivity index (χ3v) is 5.33. The van der Waals surface area contributed by atoms with E-state index in [9.17, 15) is 14.4 Å². The predicted octanol–water partition coefficient (Wildman–Crippen LogP) is 4.99. The molecule has 1 heterocycles. The number of nitrogens with zero attached hydrogens (tertiary/aromatic N) is 1. The highest BCUT2D eigenvalue weighted by Gasteiger charge is 2.13. The van der Waals surface area contributed by atoms with Crippen molar-refractivity contribution < 1.29 is 28.6 Å². The molecule has 0 bridgehead atoms. The zero-order valence-electron chi connectivity index (χ0n) is 21.3. The lowest BCUT2D eigenvalue weighted by atomic mass is 10.1. The van der Waals surface area contributed by atoms with Gasteiger partial charge in [0.05, 0.1) is 11.9 Å². The summed E-state index contributed by atoms with van der Waals surface area (Å²) in [5, 5.41) is 5.29. The van der Waals surface area contributed by atoms with Gasteiger partial charge < -0.3 is 24.8 Å². The van der Waals surface area contributed by atoms with Crippen molar-refractivity contribution in [3.8, 4) is 11.5 Å². The summed E-state index contributed by atoms with van der Waals surface area (Å²) in [4.78, 5) is 39.9. The standard InChI is InChI=1S/C30H27N3O6/c1-21(34)37-20-29(35)32-25-12-13-28(31-17-25)33-30(36)24-14-26(38-18-22-8-4-2-5-9-22)16-27(15-24)39-19-23-10-6-3-7-11-23/h2-17H,18-20H2,1H3,(H,32,35)(H,31,33,36). The number of benzene rings is 3. The minimum absolute atomic E-state index is 0.278. The van der Waals surface area contributed by atoms with E-state index in [1.807, 2.05) is 60.7 Å². The molecule has 9 heteroatoms. The highest BCUT2D eigenvalue weighted by molar-refractivity contribution is 6.04. The Kier molecular flexibility index (Phi) is 9.22. The number of anilines is 2. The number of rotatable bonds is 11. The molecule has 0 unspecified atom stereocenters. The van der Waals surface area contributed by atoms with Gasteiger partial charge in [-0.3, -0.25) is 14.4 Å². The second-order valence-corrected chi connectivity index (χ2v) is 8.46. The fourth-order valence-corrected chi connectivity index (χ4v) is 3.45. The summed E-state index contributed by atoms with van der Waals surface area (Å²) >= 11 is 0. The molecular formula is C30H27N3O6. The maximum atomic E-state index is 13.1. The van der Waals surface area contributed by atoms with Crippen LogP contribution in [0.4, 0.5) is 11.5 Å². The van der Waals surface area contributed by atoms with Crippen LogP contribution in [0.1, 0.15) is 28.4 Å². The topological polar surface area (TPSA) is 116 Å². The van der Waals surface area contributed by atoms with Gasteiger partial charge in [0.25, 0.3) is 11.8 Å². The van der Waals surface area contributed by atoms with Crippen LogP contribution < -0.4 is 20.1 Å². The van der Waals surface area contributed by atoms with Gasteiger partial charge in [-0.05, 0) is 35.4 Å². The average molecular weight is 526 g/mol. The maximum absolute atomic E-state index is 13.1. The molecule has 2 amide bonds. The zero-order valence-corrected chi connectivity index (χ0v) is 21.3. The molecule has 198 valence electrons. The van der Waals surface area contributed by atoms with E-state index in [1.165, 1.54) is 13.1 Å². The van der Waals surface area contributed by atoms with E-state index >= 15 is 0 Å². The van der Waals surface area contributed by atoms with Gasteiger partial charge in [0.2, 0.25) is 0 Å². The molecule has 1 aromatic heterocycles. The first-order valence-corrected chi connectivity index (χ1v) is 12.1. The fourth-order valence-electron chi connectivity index (χ4n) is 3.45. The second-order valence-electron chi connectivity index (χ2n) is 8.46. The summed E-state index contributed by atoms with van der Waals surface area (Å²) in [6, 6.07) is 27.5. The van der Waals surface area contributed by atoms with Crippen molar-refractivity contribution in [1.29, 1.82) is 0 Å². The molecule has 4 aromatic rings. The van der Waals surface area contributed by atoms with Crippen LogP contribution in [0.2, 0.25) is 0 Å². The third kappa shape index (κ3) is 8.71. The van der Waals surface area contributed by atoms with Gasteiger partial charge in [-0.15, -0.1) is 0 Å². The van der Waals surface area contributed by atoms with E-state index in [2.05, 4.69) is 20.4 Å². The minimum atomic E-state index is -0.551. The summed E-state index contributed by atoms with van der Waals surface area (Å²) in [5.74, 6) is -0.227. The van der Waals surface area contributed by atoms with E-state index in [1.54, 1.807) is 30.3 Å². The molecule has 0 aliphatic heterocycles. The molecule has 4 rings (SSSR count). The highest BCUT2D eigenvalue weighted by atomic mass is 16.5. The Morgan fingerprint density at radius 1 is 0.744 bits per heavy atom. The van der Waals surface area contributed by atoms with Crippen molar-refractivity contribution in [2.24, 2.45) is 0 Å². The number of ether oxygens (including phenoxy) is 3. The monoisotopic (exact) mass is 525 g/mol. The molecule has 0 aliphatic carbocycles. The number of nitrogens with one attached hydrogen (secondary N) is 2. The lowest BCUT2D eigenvalue weighted by Gasteiger charge is -2.13. The van der Waals surface area contributed by atoms with Gasteiger partial charge in [-0.1, -0.05) is 60.7 Å². The van der Waals surface area contributed by atoms with Crippen molar-refractivity contribution in [2.45, 2.75) is 20.1 Å². The Balaban J connectivity index is 1.45. The molecular weight excluding hydrogens is 498 g/mol. The third-order valence-electron chi connectivity index (χ3n) is 5.33. The van der Waals surface area contributed by atoms with Crippen LogP contribution in [0.25, 0.3) is 0 Å². The first-order chi connectivity index (χ1) is 18.9. The predicted molar refractivity (Wildman–Crippen MR) is 145 cm³/mol. The summed E-state index contributed by atoms with van der Waals surface area (Å²) < 4.78 is 16.6. The van der Waals surface area contributed by atoms with Crippen molar-refractivity contribution in [3.63, 3.8) is 0 Å². The summed E-state index contributed by atoms with van der Waals surface area (Å²) in [7, 11) is 0. The number of hydrogen-bond donors (Lipinski definition) is 2. The zero-order chi connectivity index (χ0) is 27.5. The van der Waals surface area contributed by atoms with Gasteiger partial charge >= 0.3 is 5.97 Å². The van der Waals surface area contributed by atoms with Gasteiger partial charge in [0.1, 0.15) is 30.5 Å². The smallest absolute Gasteiger partial charge is 0.303 e. The number of amides is 2. The first-order valence-electron chi connectivity index (χ1n) is 12.1. The number of carbonyl (C=O) groups excluding carboxylic acids is 3. The Bertz CT molecular complexity index is 1350. The number of carbonyl (C=O) groups is 3. The Hall–Kier alpha value is -5.18. The van der Waals surface area contributed by atoms with Crippen LogP contribution in [0.5, 0.6) is 11.5 Å². The maximum Gasteiger partial charge on any atom is 0.303 e. The number of aromatic nitrogens is 1. The molecule has 0 fully saturated rings. The van der Waals surface area contributed by atoms with Gasteiger partial charge in [-0.25, -0.2) is 4.98 Å². The molecule has 9 nitrogen and oxygen atoms in total. The van der Waals surface area contributed by atoms with E-state index in [0.29, 0.717) is 36.0 Å². The lowest BCUT2D eigenvalue weighted by Crippen LogP contribution is -2.20. The van der Waals surface area contributed by atoms with E-state index in [0.717, 1.165) is 11.1 Å². The normalized spacial score (nSPS) is 10.3. The number of esters is 1. The van der Waals surface area contributed by atoms with Crippen LogP contribution in [0.15, 0.2) is 97.2 Å². The molecule has 3 aromatic carbocycles. The van der Waals surface area contributed by atoms with E-state index in [4.69, 9.17) is 9.47 Å². The van der Waals surface area contributed by atoms with Crippen molar-refractivity contribution >= 4 is 29.3 Å². The average Bonchev–Trinajstić information content (AvgIpc) is 2.96. The van der Waals surface area contributed by atoms with E-state index < -0.39 is 24.4 Å². The fraction of sp³-hybridized carbons (Fsp3) is 0.133. The minimum Gasteiger partial charge on any atom is -0.489 e. The summed E-state index contributed by atoms with van der Waals surface area (Å²) in [6.45, 7) is 1.48. The summed E-state index contributed by atoms with van der Waals surface area (Å²) in [6.07, 6.45) is 1.38. The van der Waals surface area contributed by atoms with Crippen LogP contribution in [-0.2, 0) is 27.5 Å². The molecule has 0 atom stereocenters. The van der Waals surface area contributed by atoms with Gasteiger partial charge in [0.15, 0.2) is 6.61 Å². The molecule has 0 spiro atoms. The summed E-state index contributed by atoms with van der Waals surface area (Å²) in [5.41, 5.74) is 2.69. The van der Waals surface area contributed by atoms with Crippen LogP contribution in [-0.4, -0.2) is 29.4 Å². The Morgan fingerprint density at radius 2 is 1.33 bits per heavy atom. The van der Waals surface area contributed by atoms with E-state index in [-0.39, 0.29) is 5.82 Å². The molecule has 39 heavy (non-hydrogen) atoms. The Morgan fingerprint density at radius 3 is 1.85 bits per heavy atom. The van der Waals surface area contributed by atoms with Crippen LogP contribution in [0, 0.1) is 0 Å². The van der Waals surface area contributed by atoms with Crippen molar-refractivity contribution in [2.75, 3.05) is 17.2 Å². The molecule has 0 aliphatic rings. The molecule has 0 saturated heterocycles. The highest BCUT2D eigenvalue weighted by Crippen LogP contribution is 2.25. The quantitative estimate of drug-likeness (QED) is 0.265. The SMILES string of the molecule is CC(=O)OCC(=O)Nc1ccc(NC(=O)c2cc(OCc3ccccc3)cc(OCc3ccccc3)c2)nc1. The lowest BCUT2D eigenvalue weighted by molar-refractivity contribution is -0.144. The van der Waals surface area contributed by atoms with Crippen molar-refractivity contribution in [1.82, 2.24) is 4.98 Å². The Labute approximate surface area is 225 Å². The molecule has 0 saturated carbocycles. The van der Waals surface area contributed by atoms with Crippen LogP contribution >= 0.6 is 0 Å². The number of pyridine rings is 1.